The fourth-order valence-corrected chi connectivity index (χ4v) is 5.95. The third-order valence-electron chi connectivity index (χ3n) is 5.11. The van der Waals surface area contributed by atoms with Crippen LogP contribution in [0.4, 0.5) is 0 Å². The number of methoxy groups -OCH3 is 1. The van der Waals surface area contributed by atoms with Crippen molar-refractivity contribution in [2.45, 2.75) is 18.8 Å². The van der Waals surface area contributed by atoms with Gasteiger partial charge >= 0.3 is 0 Å². The van der Waals surface area contributed by atoms with Crippen molar-refractivity contribution < 1.29 is 27.4 Å². The Bertz CT molecular complexity index is 1340. The van der Waals surface area contributed by atoms with Crippen LogP contribution in [0.25, 0.3) is 11.1 Å². The first-order chi connectivity index (χ1) is 16.2. The largest absolute Gasteiger partial charge is 0.495 e. The second-order valence-electron chi connectivity index (χ2n) is 7.74. The summed E-state index contributed by atoms with van der Waals surface area (Å²) >= 11 is 5.06. The molecule has 4 rings (SSSR count). The Morgan fingerprint density at radius 1 is 1.21 bits per heavy atom. The maximum Gasteiger partial charge on any atom is 0.213 e. The van der Waals surface area contributed by atoms with E-state index in [9.17, 15) is 8.42 Å². The van der Waals surface area contributed by atoms with Gasteiger partial charge in [-0.3, -0.25) is 0 Å². The number of rotatable bonds is 9. The van der Waals surface area contributed by atoms with Gasteiger partial charge in [-0.15, -0.1) is 11.3 Å². The molecule has 180 valence electrons. The Balaban J connectivity index is 1.79. The molecule has 0 amide bonds. The Morgan fingerprint density at radius 3 is 2.65 bits per heavy atom. The van der Waals surface area contributed by atoms with Crippen molar-refractivity contribution in [2.24, 2.45) is 5.14 Å². The van der Waals surface area contributed by atoms with E-state index >= 15 is 0 Å². The van der Waals surface area contributed by atoms with Crippen LogP contribution in [0.1, 0.15) is 29.0 Å². The summed E-state index contributed by atoms with van der Waals surface area (Å²) in [7, 11) is -2.12. The van der Waals surface area contributed by atoms with Crippen molar-refractivity contribution in [2.75, 3.05) is 20.3 Å². The van der Waals surface area contributed by atoms with E-state index in [0.29, 0.717) is 41.8 Å². The molecule has 10 heteroatoms. The van der Waals surface area contributed by atoms with Gasteiger partial charge in [0.05, 0.1) is 32.8 Å². The van der Waals surface area contributed by atoms with Crippen molar-refractivity contribution in [1.29, 1.82) is 0 Å². The van der Waals surface area contributed by atoms with Gasteiger partial charge in [0.1, 0.15) is 19.0 Å². The normalized spacial score (nSPS) is 14.5. The lowest BCUT2D eigenvalue weighted by Crippen LogP contribution is -2.18. The van der Waals surface area contributed by atoms with Crippen molar-refractivity contribution in [3.05, 3.63) is 74.6 Å². The number of hydrogen-bond acceptors (Lipinski definition) is 7. The number of hydrogen-bond donors (Lipinski definition) is 1. The number of allylic oxidation sites excluding steroid dienone is 1. The number of benzene rings is 2. The highest BCUT2D eigenvalue weighted by atomic mass is 79.9. The SMILES string of the molecule is C=C(C)OCCOc1ccc2c(c1OC)-c1ccc(CS(N)(=O)=O)cc1C(c1ccc(Br)s1)O2. The molecule has 0 bridgehead atoms. The summed E-state index contributed by atoms with van der Waals surface area (Å²) in [4.78, 5) is 0.975. The Labute approximate surface area is 211 Å². The molecule has 0 radical (unpaired) electrons. The molecule has 2 N–H and O–H groups in total. The monoisotopic (exact) mass is 565 g/mol. The first kappa shape index (κ1) is 24.6. The van der Waals surface area contributed by atoms with Gasteiger partial charge in [-0.05, 0) is 58.2 Å². The Morgan fingerprint density at radius 2 is 2.00 bits per heavy atom. The van der Waals surface area contributed by atoms with Crippen LogP contribution in [-0.4, -0.2) is 28.7 Å². The maximum absolute atomic E-state index is 11.7. The second kappa shape index (κ2) is 9.99. The lowest BCUT2D eigenvalue weighted by atomic mass is 9.90. The van der Waals surface area contributed by atoms with E-state index in [0.717, 1.165) is 25.4 Å². The average Bonchev–Trinajstić information content (AvgIpc) is 3.20. The summed E-state index contributed by atoms with van der Waals surface area (Å²) in [5, 5.41) is 5.30. The van der Waals surface area contributed by atoms with E-state index in [4.69, 9.17) is 24.1 Å². The Kier molecular flexibility index (Phi) is 7.22. The van der Waals surface area contributed by atoms with Crippen molar-refractivity contribution in [3.63, 3.8) is 0 Å². The number of fused-ring (bicyclic) bond motifs is 3. The van der Waals surface area contributed by atoms with Crippen LogP contribution in [0.3, 0.4) is 0 Å². The summed E-state index contributed by atoms with van der Waals surface area (Å²) in [6.07, 6.45) is -0.417. The number of sulfonamides is 1. The summed E-state index contributed by atoms with van der Waals surface area (Å²) in [5.41, 5.74) is 3.01. The molecule has 0 aliphatic carbocycles. The van der Waals surface area contributed by atoms with Crippen LogP contribution < -0.4 is 19.3 Å². The van der Waals surface area contributed by atoms with Gasteiger partial charge in [0, 0.05) is 5.56 Å². The molecule has 7 nitrogen and oxygen atoms in total. The molecular weight excluding hydrogens is 542 g/mol. The standard InChI is InChI=1S/C24H24BrNO6S2/c1-14(2)30-10-11-31-19-7-6-18-22(24(19)29-3)16-5-4-15(13-34(26,27)28)12-17(16)23(32-18)20-8-9-21(25)33-20/h4-9,12,23H,1,10-11,13H2,2-3H3,(H2,26,27,28). The van der Waals surface area contributed by atoms with Gasteiger partial charge < -0.3 is 18.9 Å². The molecule has 0 spiro atoms. The molecule has 3 aromatic rings. The van der Waals surface area contributed by atoms with Crippen LogP contribution in [0.5, 0.6) is 17.2 Å². The maximum atomic E-state index is 11.7. The van der Waals surface area contributed by atoms with Gasteiger partial charge in [0.2, 0.25) is 10.0 Å². The van der Waals surface area contributed by atoms with Gasteiger partial charge in [0.15, 0.2) is 17.6 Å². The van der Waals surface area contributed by atoms with Crippen molar-refractivity contribution in [1.82, 2.24) is 0 Å². The molecule has 1 aromatic heterocycles. The molecule has 1 aliphatic heterocycles. The van der Waals surface area contributed by atoms with Gasteiger partial charge in [0.25, 0.3) is 0 Å². The van der Waals surface area contributed by atoms with Crippen LogP contribution in [0.15, 0.2) is 58.6 Å². The van der Waals surface area contributed by atoms with E-state index in [1.165, 1.54) is 0 Å². The third kappa shape index (κ3) is 5.41. The summed E-state index contributed by atoms with van der Waals surface area (Å²) in [5.74, 6) is 2.07. The van der Waals surface area contributed by atoms with E-state index in [2.05, 4.69) is 22.5 Å². The molecule has 2 aromatic carbocycles. The zero-order valence-corrected chi connectivity index (χ0v) is 21.9. The quantitative estimate of drug-likeness (QED) is 0.276. The molecule has 34 heavy (non-hydrogen) atoms. The molecule has 1 unspecified atom stereocenters. The second-order valence-corrected chi connectivity index (χ2v) is 11.8. The highest BCUT2D eigenvalue weighted by molar-refractivity contribution is 9.11. The molecule has 1 atom stereocenters. The van der Waals surface area contributed by atoms with E-state index in [1.807, 2.05) is 30.3 Å². The van der Waals surface area contributed by atoms with Gasteiger partial charge in [-0.1, -0.05) is 24.8 Å². The van der Waals surface area contributed by atoms with Crippen LogP contribution in [0, 0.1) is 0 Å². The number of ether oxygens (including phenoxy) is 4. The van der Waals surface area contributed by atoms with Crippen molar-refractivity contribution >= 4 is 37.3 Å². The van der Waals surface area contributed by atoms with Gasteiger partial charge in [-0.2, -0.15) is 0 Å². The first-order valence-corrected chi connectivity index (χ1v) is 13.7. The molecule has 0 saturated carbocycles. The highest BCUT2D eigenvalue weighted by Crippen LogP contribution is 2.53. The molecule has 1 aliphatic rings. The lowest BCUT2D eigenvalue weighted by Gasteiger charge is -2.30. The minimum atomic E-state index is -3.69. The van der Waals surface area contributed by atoms with Gasteiger partial charge in [-0.25, -0.2) is 13.6 Å². The zero-order valence-electron chi connectivity index (χ0n) is 18.7. The molecule has 0 fully saturated rings. The van der Waals surface area contributed by atoms with Crippen LogP contribution >= 0.6 is 27.3 Å². The van der Waals surface area contributed by atoms with E-state index in [1.54, 1.807) is 37.5 Å². The number of halogens is 1. The summed E-state index contributed by atoms with van der Waals surface area (Å²) in [6, 6.07) is 13.1. The number of primary sulfonamides is 1. The predicted octanol–water partition coefficient (Wildman–Crippen LogP) is 5.39. The molecular formula is C24H24BrNO6S2. The highest BCUT2D eigenvalue weighted by Gasteiger charge is 2.32. The molecule has 0 saturated heterocycles. The number of nitrogens with two attached hydrogens (primary N) is 1. The van der Waals surface area contributed by atoms with E-state index < -0.39 is 16.1 Å². The summed E-state index contributed by atoms with van der Waals surface area (Å²) in [6.45, 7) is 6.16. The fourth-order valence-electron chi connectivity index (χ4n) is 3.83. The van der Waals surface area contributed by atoms with Crippen LogP contribution in [-0.2, 0) is 20.5 Å². The smallest absolute Gasteiger partial charge is 0.213 e. The van der Waals surface area contributed by atoms with Crippen molar-refractivity contribution in [3.8, 4) is 28.4 Å². The average molecular weight is 566 g/mol. The lowest BCUT2D eigenvalue weighted by molar-refractivity contribution is 0.155. The van der Waals surface area contributed by atoms with Crippen LogP contribution in [0.2, 0.25) is 0 Å². The fraction of sp³-hybridized carbons (Fsp3) is 0.250. The zero-order chi connectivity index (χ0) is 24.5. The third-order valence-corrected chi connectivity index (χ3v) is 7.51. The first-order valence-electron chi connectivity index (χ1n) is 10.3. The Hall–Kier alpha value is -2.53. The number of thiophene rings is 1. The minimum Gasteiger partial charge on any atom is -0.495 e. The molecule has 2 heterocycles. The topological polar surface area (TPSA) is 97.1 Å². The predicted molar refractivity (Wildman–Crippen MR) is 136 cm³/mol. The van der Waals surface area contributed by atoms with E-state index in [-0.39, 0.29) is 5.75 Å². The summed E-state index contributed by atoms with van der Waals surface area (Å²) < 4.78 is 47.9. The minimum absolute atomic E-state index is 0.267.